The van der Waals surface area contributed by atoms with E-state index < -0.39 is 0 Å². The summed E-state index contributed by atoms with van der Waals surface area (Å²) in [7, 11) is 1.76. The minimum atomic E-state index is -0.233. The zero-order valence-electron chi connectivity index (χ0n) is 15.7. The van der Waals surface area contributed by atoms with E-state index >= 15 is 0 Å². The van der Waals surface area contributed by atoms with Gasteiger partial charge in [0.1, 0.15) is 0 Å². The highest BCUT2D eigenvalue weighted by molar-refractivity contribution is 6.04. The molecule has 1 atom stereocenters. The number of rotatable bonds is 2. The van der Waals surface area contributed by atoms with Crippen LogP contribution in [0, 0.1) is 6.92 Å². The Morgan fingerprint density at radius 2 is 2.18 bits per heavy atom. The van der Waals surface area contributed by atoms with Crippen molar-refractivity contribution in [2.45, 2.75) is 19.4 Å². The molecule has 0 unspecified atom stereocenters. The second-order valence-electron chi connectivity index (χ2n) is 7.19. The number of anilines is 3. The summed E-state index contributed by atoms with van der Waals surface area (Å²) < 4.78 is 1.55. The first-order valence-electron chi connectivity index (χ1n) is 9.24. The summed E-state index contributed by atoms with van der Waals surface area (Å²) in [5.74, 6) is 1.11. The Bertz CT molecular complexity index is 1060. The smallest absolute Gasteiger partial charge is 0.329 e. The summed E-state index contributed by atoms with van der Waals surface area (Å²) in [6.07, 6.45) is 4.36. The summed E-state index contributed by atoms with van der Waals surface area (Å²) in [4.78, 5) is 26.3. The third-order valence-corrected chi connectivity index (χ3v) is 5.20. The summed E-state index contributed by atoms with van der Waals surface area (Å²) in [5, 5.41) is 10.7. The minimum Gasteiger partial charge on any atom is -0.366 e. The minimum absolute atomic E-state index is 0.0890. The highest BCUT2D eigenvalue weighted by Crippen LogP contribution is 2.40. The zero-order chi connectivity index (χ0) is 19.3. The van der Waals surface area contributed by atoms with Crippen molar-refractivity contribution in [3.05, 3.63) is 42.4 Å². The number of fused-ring (bicyclic) bond motifs is 4. The summed E-state index contributed by atoms with van der Waals surface area (Å²) in [5.41, 5.74) is 3.72. The maximum Gasteiger partial charge on any atom is 0.329 e. The van der Waals surface area contributed by atoms with Gasteiger partial charge in [-0.2, -0.15) is 0 Å². The lowest BCUT2D eigenvalue weighted by Crippen LogP contribution is -2.48. The van der Waals surface area contributed by atoms with E-state index in [1.54, 1.807) is 29.0 Å². The van der Waals surface area contributed by atoms with Gasteiger partial charge in [0.05, 0.1) is 23.6 Å². The number of amides is 2. The lowest BCUT2D eigenvalue weighted by molar-refractivity contribution is 0.254. The summed E-state index contributed by atoms with van der Waals surface area (Å²) in [6, 6.07) is 7.84. The Kier molecular flexibility index (Phi) is 3.75. The molecule has 2 bridgehead atoms. The molecule has 1 saturated heterocycles. The van der Waals surface area contributed by atoms with Gasteiger partial charge in [-0.1, -0.05) is 5.21 Å². The van der Waals surface area contributed by atoms with Gasteiger partial charge in [0.25, 0.3) is 0 Å². The van der Waals surface area contributed by atoms with Gasteiger partial charge in [-0.05, 0) is 37.6 Å². The van der Waals surface area contributed by atoms with Crippen LogP contribution in [-0.4, -0.2) is 50.1 Å². The molecule has 0 aromatic carbocycles. The number of hydrogen-bond acceptors (Lipinski definition) is 6. The molecule has 0 saturated carbocycles. The molecule has 2 amide bonds. The van der Waals surface area contributed by atoms with Gasteiger partial charge in [-0.25, -0.2) is 9.78 Å². The van der Waals surface area contributed by atoms with Crippen LogP contribution in [0.4, 0.5) is 22.1 Å². The number of urea groups is 1. The maximum absolute atomic E-state index is 13.1. The molecule has 9 heteroatoms. The van der Waals surface area contributed by atoms with Crippen molar-refractivity contribution in [3.8, 4) is 11.3 Å². The van der Waals surface area contributed by atoms with Gasteiger partial charge in [-0.3, -0.25) is 19.9 Å². The Morgan fingerprint density at radius 3 is 2.96 bits per heavy atom. The molecular formula is C19H20N8O. The van der Waals surface area contributed by atoms with Crippen molar-refractivity contribution >= 4 is 23.4 Å². The van der Waals surface area contributed by atoms with Crippen LogP contribution >= 0.6 is 0 Å². The molecule has 9 nitrogen and oxygen atoms in total. The van der Waals surface area contributed by atoms with Crippen molar-refractivity contribution in [1.82, 2.24) is 25.0 Å². The van der Waals surface area contributed by atoms with Gasteiger partial charge in [0.2, 0.25) is 0 Å². The number of aryl methyl sites for hydroxylation is 2. The number of aromatic nitrogens is 5. The molecule has 3 aromatic rings. The summed E-state index contributed by atoms with van der Waals surface area (Å²) >= 11 is 0. The highest BCUT2D eigenvalue weighted by Gasteiger charge is 2.40. The van der Waals surface area contributed by atoms with Crippen molar-refractivity contribution < 1.29 is 4.79 Å². The molecule has 142 valence electrons. The van der Waals surface area contributed by atoms with Gasteiger partial charge in [-0.15, -0.1) is 5.10 Å². The van der Waals surface area contributed by atoms with E-state index in [4.69, 9.17) is 4.98 Å². The van der Waals surface area contributed by atoms with Crippen LogP contribution in [0.2, 0.25) is 0 Å². The normalized spacial score (nSPS) is 17.6. The van der Waals surface area contributed by atoms with Crippen LogP contribution in [0.15, 0.2) is 36.7 Å². The third-order valence-electron chi connectivity index (χ3n) is 5.20. The fraction of sp³-hybridized carbons (Fsp3) is 0.316. The number of carbonyl (C=O) groups excluding carboxylic acids is 1. The van der Waals surface area contributed by atoms with E-state index in [0.717, 1.165) is 42.1 Å². The standard InChI is InChI=1S/C19H20N8O/c1-12-9-13(5-7-20-12)15-3-4-16-18(21-15)27(14-6-8-26(16)10-14)19(28)22-17-11-25(2)24-23-17/h3-5,7,9,11,14H,6,8,10H2,1-2H3,(H,22,28)/t14-/m0/s1. The Balaban J connectivity index is 1.54. The molecule has 1 N–H and O–H groups in total. The lowest BCUT2D eigenvalue weighted by Gasteiger charge is -2.35. The quantitative estimate of drug-likeness (QED) is 0.737. The zero-order valence-corrected chi connectivity index (χ0v) is 15.7. The molecule has 0 radical (unpaired) electrons. The number of nitrogens with zero attached hydrogens (tertiary/aromatic N) is 7. The van der Waals surface area contributed by atoms with Crippen molar-refractivity contribution in [3.63, 3.8) is 0 Å². The molecule has 28 heavy (non-hydrogen) atoms. The second kappa shape index (κ2) is 6.29. The molecule has 5 heterocycles. The van der Waals surface area contributed by atoms with E-state index in [1.807, 2.05) is 25.1 Å². The SMILES string of the molecule is Cc1cc(-c2ccc3c(n2)N(C(=O)Nc2cn(C)nn2)[C@H]2CCN3C2)ccn1. The maximum atomic E-state index is 13.1. The van der Waals surface area contributed by atoms with Gasteiger partial charge < -0.3 is 4.90 Å². The van der Waals surface area contributed by atoms with Crippen LogP contribution in [0.3, 0.4) is 0 Å². The van der Waals surface area contributed by atoms with E-state index in [2.05, 4.69) is 31.6 Å². The first-order chi connectivity index (χ1) is 13.6. The predicted molar refractivity (Wildman–Crippen MR) is 105 cm³/mol. The van der Waals surface area contributed by atoms with E-state index in [1.165, 1.54) is 0 Å². The van der Waals surface area contributed by atoms with E-state index in [0.29, 0.717) is 11.6 Å². The molecule has 2 aliphatic heterocycles. The van der Waals surface area contributed by atoms with Crippen LogP contribution in [-0.2, 0) is 7.05 Å². The molecule has 0 aliphatic carbocycles. The number of nitrogens with one attached hydrogen (secondary N) is 1. The van der Waals surface area contributed by atoms with Crippen molar-refractivity contribution in [1.29, 1.82) is 0 Å². The van der Waals surface area contributed by atoms with Crippen LogP contribution in [0.1, 0.15) is 12.1 Å². The van der Waals surface area contributed by atoms with Gasteiger partial charge >= 0.3 is 6.03 Å². The molecule has 3 aromatic heterocycles. The predicted octanol–water partition coefficient (Wildman–Crippen LogP) is 2.21. The summed E-state index contributed by atoms with van der Waals surface area (Å²) in [6.45, 7) is 3.69. The Labute approximate surface area is 162 Å². The highest BCUT2D eigenvalue weighted by atomic mass is 16.2. The number of hydrogen-bond donors (Lipinski definition) is 1. The topological polar surface area (TPSA) is 92.1 Å². The van der Waals surface area contributed by atoms with Gasteiger partial charge in [0.15, 0.2) is 11.6 Å². The largest absolute Gasteiger partial charge is 0.366 e. The molecule has 1 fully saturated rings. The third kappa shape index (κ3) is 2.75. The lowest BCUT2D eigenvalue weighted by atomic mass is 10.1. The average molecular weight is 376 g/mol. The Morgan fingerprint density at radius 1 is 1.29 bits per heavy atom. The monoisotopic (exact) mass is 376 g/mol. The van der Waals surface area contributed by atoms with Gasteiger partial charge in [0, 0.05) is 37.6 Å². The number of pyridine rings is 2. The first kappa shape index (κ1) is 16.7. The first-order valence-corrected chi connectivity index (χ1v) is 9.24. The van der Waals surface area contributed by atoms with Crippen molar-refractivity contribution in [2.24, 2.45) is 7.05 Å². The van der Waals surface area contributed by atoms with Crippen LogP contribution < -0.4 is 15.1 Å². The molecule has 0 spiro atoms. The molecular weight excluding hydrogens is 356 g/mol. The van der Waals surface area contributed by atoms with E-state index in [9.17, 15) is 4.79 Å². The van der Waals surface area contributed by atoms with E-state index in [-0.39, 0.29) is 12.1 Å². The fourth-order valence-corrected chi connectivity index (χ4v) is 3.91. The molecule has 2 aliphatic rings. The Hall–Kier alpha value is -3.49. The van der Waals surface area contributed by atoms with Crippen LogP contribution in [0.5, 0.6) is 0 Å². The van der Waals surface area contributed by atoms with Crippen LogP contribution in [0.25, 0.3) is 11.3 Å². The van der Waals surface area contributed by atoms with Crippen molar-refractivity contribution in [2.75, 3.05) is 28.2 Å². The second-order valence-corrected chi connectivity index (χ2v) is 7.19. The number of carbonyl (C=O) groups is 1. The molecule has 5 rings (SSSR count). The average Bonchev–Trinajstić information content (AvgIpc) is 3.28. The fourth-order valence-electron chi connectivity index (χ4n) is 3.91.